The van der Waals surface area contributed by atoms with Crippen molar-refractivity contribution in [1.29, 1.82) is 0 Å². The van der Waals surface area contributed by atoms with Crippen LogP contribution in [0.3, 0.4) is 0 Å². The van der Waals surface area contributed by atoms with Gasteiger partial charge in [0.15, 0.2) is 0 Å². The second kappa shape index (κ2) is 10.8. The van der Waals surface area contributed by atoms with Gasteiger partial charge in [-0.05, 0) is 67.4 Å². The lowest BCUT2D eigenvalue weighted by molar-refractivity contribution is -0.120. The molecule has 0 unspecified atom stereocenters. The van der Waals surface area contributed by atoms with Crippen molar-refractivity contribution in [2.24, 2.45) is 0 Å². The molecule has 7 nitrogen and oxygen atoms in total. The Morgan fingerprint density at radius 3 is 2.34 bits per heavy atom. The van der Waals surface area contributed by atoms with E-state index in [4.69, 9.17) is 16.3 Å². The predicted molar refractivity (Wildman–Crippen MR) is 124 cm³/mol. The number of nitrogens with one attached hydrogen (secondary N) is 3. The second-order valence-corrected chi connectivity index (χ2v) is 8.69. The van der Waals surface area contributed by atoms with Crippen LogP contribution in [-0.2, 0) is 11.4 Å². The van der Waals surface area contributed by atoms with Crippen LogP contribution < -0.4 is 20.9 Å². The van der Waals surface area contributed by atoms with Crippen LogP contribution in [0.4, 0.5) is 0 Å². The Hall–Kier alpha value is -3.36. The quantitative estimate of drug-likeness (QED) is 0.457. The fraction of sp³-hybridized carbons (Fsp3) is 0.174. The molecule has 0 aliphatic rings. The van der Waals surface area contributed by atoms with Gasteiger partial charge in [0.05, 0.1) is 11.4 Å². The van der Waals surface area contributed by atoms with Gasteiger partial charge in [-0.2, -0.15) is 0 Å². The number of halogens is 1. The predicted octanol–water partition coefficient (Wildman–Crippen LogP) is 3.79. The standard InChI is InChI=1S/C23H22ClN3O4S/c1-14-11-18(8-9-19(14)24)31-13-16-4-6-17(7-5-16)22(29)27-26-21(28)12-25-23(30)20-10-3-15(2)32-20/h3-11H,12-13H2,1-2H3,(H,25,30)(H,26,28)(H,27,29). The van der Waals surface area contributed by atoms with E-state index in [1.165, 1.54) is 11.3 Å². The molecule has 166 valence electrons. The molecule has 3 rings (SSSR count). The van der Waals surface area contributed by atoms with Crippen molar-refractivity contribution in [2.75, 3.05) is 6.54 Å². The number of aryl methyl sites for hydroxylation is 2. The molecule has 0 aliphatic carbocycles. The Kier molecular flexibility index (Phi) is 7.86. The van der Waals surface area contributed by atoms with Gasteiger partial charge in [-0.3, -0.25) is 25.2 Å². The largest absolute Gasteiger partial charge is 0.489 e. The summed E-state index contributed by atoms with van der Waals surface area (Å²) in [6.45, 7) is 3.88. The van der Waals surface area contributed by atoms with Crippen LogP contribution in [0.25, 0.3) is 0 Å². The Morgan fingerprint density at radius 1 is 0.938 bits per heavy atom. The van der Waals surface area contributed by atoms with E-state index >= 15 is 0 Å². The third-order valence-corrected chi connectivity index (χ3v) is 5.86. The number of thiophene rings is 1. The van der Waals surface area contributed by atoms with Crippen LogP contribution in [0.1, 0.15) is 36.0 Å². The van der Waals surface area contributed by atoms with Crippen molar-refractivity contribution in [3.8, 4) is 5.75 Å². The van der Waals surface area contributed by atoms with E-state index in [-0.39, 0.29) is 12.5 Å². The molecule has 9 heteroatoms. The first-order chi connectivity index (χ1) is 15.3. The number of hydrazine groups is 1. The molecule has 3 N–H and O–H groups in total. The van der Waals surface area contributed by atoms with E-state index in [2.05, 4.69) is 16.2 Å². The molecule has 0 radical (unpaired) electrons. The number of hydrogen-bond acceptors (Lipinski definition) is 5. The average Bonchev–Trinajstić information content (AvgIpc) is 3.23. The molecule has 0 aliphatic heterocycles. The molecule has 0 saturated carbocycles. The molecule has 1 aromatic heterocycles. The van der Waals surface area contributed by atoms with Gasteiger partial charge in [-0.1, -0.05) is 23.7 Å². The maximum atomic E-state index is 12.2. The molecule has 0 bridgehead atoms. The molecular formula is C23H22ClN3O4S. The van der Waals surface area contributed by atoms with Gasteiger partial charge in [-0.25, -0.2) is 0 Å². The highest BCUT2D eigenvalue weighted by Gasteiger charge is 2.11. The van der Waals surface area contributed by atoms with E-state index in [0.29, 0.717) is 27.8 Å². The van der Waals surface area contributed by atoms with Gasteiger partial charge in [0, 0.05) is 15.5 Å². The van der Waals surface area contributed by atoms with Crippen LogP contribution in [0.15, 0.2) is 54.6 Å². The molecule has 2 aromatic carbocycles. The zero-order chi connectivity index (χ0) is 23.1. The molecule has 0 fully saturated rings. The molecule has 3 aromatic rings. The van der Waals surface area contributed by atoms with Crippen molar-refractivity contribution in [3.05, 3.63) is 86.1 Å². The molecule has 3 amide bonds. The Bertz CT molecular complexity index is 1130. The zero-order valence-corrected chi connectivity index (χ0v) is 19.1. The van der Waals surface area contributed by atoms with Gasteiger partial charge in [0.2, 0.25) is 0 Å². The Morgan fingerprint density at radius 2 is 1.69 bits per heavy atom. The van der Waals surface area contributed by atoms with Crippen LogP contribution in [0.2, 0.25) is 5.02 Å². The third-order valence-electron chi connectivity index (χ3n) is 4.44. The first-order valence-corrected chi connectivity index (χ1v) is 10.9. The van der Waals surface area contributed by atoms with Gasteiger partial charge < -0.3 is 10.1 Å². The third kappa shape index (κ3) is 6.57. The zero-order valence-electron chi connectivity index (χ0n) is 17.5. The smallest absolute Gasteiger partial charge is 0.269 e. The molecule has 0 saturated heterocycles. The number of carbonyl (C=O) groups excluding carboxylic acids is 3. The monoisotopic (exact) mass is 471 g/mol. The van der Waals surface area contributed by atoms with Crippen LogP contribution in [0.5, 0.6) is 5.75 Å². The number of amides is 3. The number of rotatable bonds is 7. The average molecular weight is 472 g/mol. The Balaban J connectivity index is 1.42. The fourth-order valence-corrected chi connectivity index (χ4v) is 3.57. The number of ether oxygens (including phenoxy) is 1. The van der Waals surface area contributed by atoms with Crippen LogP contribution in [-0.4, -0.2) is 24.3 Å². The summed E-state index contributed by atoms with van der Waals surface area (Å²) in [5.74, 6) is -0.642. The first-order valence-electron chi connectivity index (χ1n) is 9.73. The summed E-state index contributed by atoms with van der Waals surface area (Å²) in [5, 5.41) is 3.18. The highest BCUT2D eigenvalue weighted by molar-refractivity contribution is 7.13. The highest BCUT2D eigenvalue weighted by atomic mass is 35.5. The van der Waals surface area contributed by atoms with Crippen molar-refractivity contribution in [1.82, 2.24) is 16.2 Å². The van der Waals surface area contributed by atoms with E-state index in [0.717, 1.165) is 16.0 Å². The summed E-state index contributed by atoms with van der Waals surface area (Å²) in [7, 11) is 0. The SMILES string of the molecule is Cc1ccc(C(=O)NCC(=O)NNC(=O)c2ccc(COc3ccc(Cl)c(C)c3)cc2)s1. The van der Waals surface area contributed by atoms with Crippen molar-refractivity contribution >= 4 is 40.7 Å². The van der Waals surface area contributed by atoms with E-state index in [1.807, 2.05) is 26.0 Å². The number of benzene rings is 2. The fourth-order valence-electron chi connectivity index (χ4n) is 2.67. The maximum absolute atomic E-state index is 12.2. The molecular weight excluding hydrogens is 450 g/mol. The van der Waals surface area contributed by atoms with Crippen molar-refractivity contribution in [3.63, 3.8) is 0 Å². The lowest BCUT2D eigenvalue weighted by Gasteiger charge is -2.10. The molecule has 1 heterocycles. The highest BCUT2D eigenvalue weighted by Crippen LogP contribution is 2.22. The van der Waals surface area contributed by atoms with E-state index in [1.54, 1.807) is 42.5 Å². The minimum Gasteiger partial charge on any atom is -0.489 e. The summed E-state index contributed by atoms with van der Waals surface area (Å²) in [4.78, 5) is 37.6. The topological polar surface area (TPSA) is 96.5 Å². The lowest BCUT2D eigenvalue weighted by atomic mass is 10.1. The first kappa shape index (κ1) is 23.3. The second-order valence-electron chi connectivity index (χ2n) is 6.99. The molecule has 32 heavy (non-hydrogen) atoms. The normalized spacial score (nSPS) is 10.3. The summed E-state index contributed by atoms with van der Waals surface area (Å²) in [6, 6.07) is 15.8. The van der Waals surface area contributed by atoms with E-state index < -0.39 is 11.8 Å². The van der Waals surface area contributed by atoms with Gasteiger partial charge in [-0.15, -0.1) is 11.3 Å². The number of hydrogen-bond donors (Lipinski definition) is 3. The molecule has 0 spiro atoms. The summed E-state index contributed by atoms with van der Waals surface area (Å²) in [6.07, 6.45) is 0. The maximum Gasteiger partial charge on any atom is 0.269 e. The summed E-state index contributed by atoms with van der Waals surface area (Å²) in [5.41, 5.74) is 6.78. The minimum absolute atomic E-state index is 0.253. The van der Waals surface area contributed by atoms with Crippen LogP contribution >= 0.6 is 22.9 Å². The number of carbonyl (C=O) groups is 3. The summed E-state index contributed by atoms with van der Waals surface area (Å²) < 4.78 is 5.74. The minimum atomic E-state index is -0.539. The van der Waals surface area contributed by atoms with Gasteiger partial charge in [0.1, 0.15) is 12.4 Å². The van der Waals surface area contributed by atoms with E-state index in [9.17, 15) is 14.4 Å². The van der Waals surface area contributed by atoms with Crippen LogP contribution in [0, 0.1) is 13.8 Å². The van der Waals surface area contributed by atoms with Gasteiger partial charge in [0.25, 0.3) is 17.7 Å². The van der Waals surface area contributed by atoms with Crippen molar-refractivity contribution in [2.45, 2.75) is 20.5 Å². The lowest BCUT2D eigenvalue weighted by Crippen LogP contribution is -2.46. The van der Waals surface area contributed by atoms with Crippen molar-refractivity contribution < 1.29 is 19.1 Å². The Labute approximate surface area is 194 Å². The van der Waals surface area contributed by atoms with Gasteiger partial charge >= 0.3 is 0 Å². The summed E-state index contributed by atoms with van der Waals surface area (Å²) >= 11 is 7.35. The molecule has 0 atom stereocenters.